The minimum absolute atomic E-state index is 0.200. The lowest BCUT2D eigenvalue weighted by Crippen LogP contribution is -2.44. The summed E-state index contributed by atoms with van der Waals surface area (Å²) < 4.78 is 1.53. The van der Waals surface area contributed by atoms with Gasteiger partial charge in [0.05, 0.1) is 40.2 Å². The first kappa shape index (κ1) is 24.0. The fourth-order valence-corrected chi connectivity index (χ4v) is 6.13. The molecule has 26 heavy (non-hydrogen) atoms. The number of carboxylic acid groups (broad SMARTS) is 1. The van der Waals surface area contributed by atoms with Gasteiger partial charge in [-0.25, -0.2) is 4.79 Å². The maximum absolute atomic E-state index is 13.0. The molecule has 12 heteroatoms. The van der Waals surface area contributed by atoms with E-state index in [1.54, 1.807) is 6.07 Å². The van der Waals surface area contributed by atoms with Gasteiger partial charge in [-0.2, -0.15) is 0 Å². The highest BCUT2D eigenvalue weighted by atomic mass is 127. The number of carbonyl (C=O) groups is 2. The highest BCUT2D eigenvalue weighted by Crippen LogP contribution is 2.32. The Morgan fingerprint density at radius 2 is 1.54 bits per heavy atom. The van der Waals surface area contributed by atoms with Crippen molar-refractivity contribution in [1.82, 2.24) is 4.90 Å². The summed E-state index contributed by atoms with van der Waals surface area (Å²) in [6.45, 7) is -1.67. The lowest BCUT2D eigenvalue weighted by molar-refractivity contribution is 0.0209. The number of aliphatic hydroxyl groups excluding tert-OH is 4. The second-order valence-electron chi connectivity index (χ2n) is 5.22. The molecular weight excluding hydrogens is 689 g/mol. The van der Waals surface area contributed by atoms with Gasteiger partial charge in [0.1, 0.15) is 0 Å². The van der Waals surface area contributed by atoms with Crippen LogP contribution in [0.25, 0.3) is 0 Å². The van der Waals surface area contributed by atoms with Gasteiger partial charge >= 0.3 is 6.09 Å². The minimum Gasteiger partial charge on any atom is -0.465 e. The summed E-state index contributed by atoms with van der Waals surface area (Å²) in [5, 5.41) is 48.7. The first-order chi connectivity index (χ1) is 12.1. The largest absolute Gasteiger partial charge is 0.465 e. The molecule has 0 spiro atoms. The lowest BCUT2D eigenvalue weighted by atomic mass is 10.1. The van der Waals surface area contributed by atoms with E-state index < -0.39 is 37.4 Å². The van der Waals surface area contributed by atoms with Gasteiger partial charge in [-0.05, 0) is 73.8 Å². The highest BCUT2D eigenvalue weighted by Gasteiger charge is 2.27. The maximum atomic E-state index is 13.0. The van der Waals surface area contributed by atoms with Crippen molar-refractivity contribution < 1.29 is 35.1 Å². The molecule has 2 unspecified atom stereocenters. The van der Waals surface area contributed by atoms with Gasteiger partial charge in [0.2, 0.25) is 0 Å². The molecular formula is C14H17I3N2O7. The molecule has 0 aromatic heterocycles. The minimum atomic E-state index is -1.27. The third-order valence-electron chi connectivity index (χ3n) is 3.19. The number of nitrogens with zero attached hydrogens (tertiary/aromatic N) is 1. The predicted octanol–water partition coefficient (Wildman–Crippen LogP) is 0.739. The van der Waals surface area contributed by atoms with Crippen molar-refractivity contribution in [3.05, 3.63) is 22.3 Å². The maximum Gasteiger partial charge on any atom is 0.409 e. The zero-order chi connectivity index (χ0) is 20.0. The van der Waals surface area contributed by atoms with Gasteiger partial charge in [-0.3, -0.25) is 10.1 Å². The fraction of sp³-hybridized carbons (Fsp3) is 0.429. The monoisotopic (exact) mass is 706 g/mol. The van der Waals surface area contributed by atoms with E-state index in [2.05, 4.69) is 5.32 Å². The van der Waals surface area contributed by atoms with Crippen LogP contribution in [0, 0.1) is 10.7 Å². The molecule has 0 aliphatic rings. The zero-order valence-corrected chi connectivity index (χ0v) is 19.7. The summed E-state index contributed by atoms with van der Waals surface area (Å²) in [7, 11) is 0. The summed E-state index contributed by atoms with van der Waals surface area (Å²) in [5.41, 5.74) is 0.457. The fourth-order valence-electron chi connectivity index (χ4n) is 2.03. The summed E-state index contributed by atoms with van der Waals surface area (Å²) in [5.74, 6) is -0.566. The van der Waals surface area contributed by atoms with Crippen LogP contribution in [-0.2, 0) is 0 Å². The third-order valence-corrected chi connectivity index (χ3v) is 5.97. The second kappa shape index (κ2) is 11.1. The van der Waals surface area contributed by atoms with E-state index in [0.29, 0.717) is 10.7 Å². The van der Waals surface area contributed by atoms with Crippen molar-refractivity contribution in [2.75, 3.05) is 31.6 Å². The topological polar surface area (TPSA) is 151 Å². The molecule has 146 valence electrons. The van der Waals surface area contributed by atoms with Crippen LogP contribution >= 0.6 is 67.8 Å². The van der Waals surface area contributed by atoms with Crippen LogP contribution < -0.4 is 5.32 Å². The number of nitrogens with one attached hydrogen (secondary N) is 1. The average Bonchev–Trinajstić information content (AvgIpc) is 2.57. The Kier molecular flexibility index (Phi) is 10.3. The van der Waals surface area contributed by atoms with Crippen LogP contribution in [-0.4, -0.2) is 80.9 Å². The van der Waals surface area contributed by atoms with Crippen molar-refractivity contribution in [1.29, 1.82) is 0 Å². The van der Waals surface area contributed by atoms with Gasteiger partial charge in [0, 0.05) is 20.2 Å². The molecule has 1 rings (SSSR count). The second-order valence-corrected chi connectivity index (χ2v) is 8.62. The number of halogens is 3. The number of aliphatic hydroxyl groups is 4. The van der Waals surface area contributed by atoms with E-state index in [1.165, 1.54) is 0 Å². The first-order valence-corrected chi connectivity index (χ1v) is 10.4. The van der Waals surface area contributed by atoms with Gasteiger partial charge in [-0.1, -0.05) is 0 Å². The standard InChI is InChI=1S/C14H17I3N2O7/c15-8-1-9(16)12(18-14(25)26)11(17)10(8)13(24)19(2-6(22)4-20)3-7(23)5-21/h1,6-7,18,20-23H,2-5H2,(H,25,26). The van der Waals surface area contributed by atoms with Crippen LogP contribution in [0.2, 0.25) is 0 Å². The Bertz CT molecular complexity index is 662. The van der Waals surface area contributed by atoms with Gasteiger partial charge in [0.15, 0.2) is 0 Å². The number of hydrogen-bond acceptors (Lipinski definition) is 6. The molecule has 0 heterocycles. The molecule has 2 amide bonds. The lowest BCUT2D eigenvalue weighted by Gasteiger charge is -2.28. The van der Waals surface area contributed by atoms with Crippen molar-refractivity contribution >= 4 is 85.5 Å². The van der Waals surface area contributed by atoms with Gasteiger partial charge in [0.25, 0.3) is 5.91 Å². The predicted molar refractivity (Wildman–Crippen MR) is 118 cm³/mol. The van der Waals surface area contributed by atoms with Crippen LogP contribution in [0.5, 0.6) is 0 Å². The van der Waals surface area contributed by atoms with E-state index in [0.717, 1.165) is 4.90 Å². The normalized spacial score (nSPS) is 13.2. The molecule has 0 saturated heterocycles. The number of carbonyl (C=O) groups excluding carboxylic acids is 1. The molecule has 6 N–H and O–H groups in total. The Labute approximate surface area is 190 Å². The SMILES string of the molecule is O=C(O)Nc1c(I)cc(I)c(C(=O)N(CC(O)CO)CC(O)CO)c1I. The van der Waals surface area contributed by atoms with Crippen molar-refractivity contribution in [2.24, 2.45) is 0 Å². The van der Waals surface area contributed by atoms with Crippen LogP contribution in [0.4, 0.5) is 10.5 Å². The molecule has 2 atom stereocenters. The van der Waals surface area contributed by atoms with E-state index in [-0.39, 0.29) is 24.3 Å². The summed E-state index contributed by atoms with van der Waals surface area (Å²) in [6, 6.07) is 1.63. The molecule has 9 nitrogen and oxygen atoms in total. The summed E-state index contributed by atoms with van der Waals surface area (Å²) >= 11 is 5.74. The summed E-state index contributed by atoms with van der Waals surface area (Å²) in [4.78, 5) is 25.1. The molecule has 1 aromatic carbocycles. The molecule has 0 bridgehead atoms. The number of rotatable bonds is 8. The molecule has 0 aliphatic heterocycles. The van der Waals surface area contributed by atoms with Crippen molar-refractivity contribution in [3.8, 4) is 0 Å². The number of benzene rings is 1. The smallest absolute Gasteiger partial charge is 0.409 e. The molecule has 0 saturated carbocycles. The summed E-state index contributed by atoms with van der Waals surface area (Å²) in [6.07, 6.45) is -3.72. The Morgan fingerprint density at radius 1 is 1.04 bits per heavy atom. The van der Waals surface area contributed by atoms with E-state index in [1.807, 2.05) is 67.8 Å². The Hall–Kier alpha value is -0.0100. The zero-order valence-electron chi connectivity index (χ0n) is 13.2. The number of anilines is 1. The van der Waals surface area contributed by atoms with Crippen molar-refractivity contribution in [2.45, 2.75) is 12.2 Å². The number of amides is 2. The molecule has 0 fully saturated rings. The Balaban J connectivity index is 3.34. The van der Waals surface area contributed by atoms with Crippen LogP contribution in [0.1, 0.15) is 10.4 Å². The number of hydrogen-bond donors (Lipinski definition) is 6. The Morgan fingerprint density at radius 3 is 1.96 bits per heavy atom. The van der Waals surface area contributed by atoms with Crippen molar-refractivity contribution in [3.63, 3.8) is 0 Å². The quantitative estimate of drug-likeness (QED) is 0.219. The third kappa shape index (κ3) is 6.55. The van der Waals surface area contributed by atoms with E-state index in [9.17, 15) is 19.8 Å². The van der Waals surface area contributed by atoms with Crippen LogP contribution in [0.15, 0.2) is 6.07 Å². The van der Waals surface area contributed by atoms with Gasteiger partial charge in [-0.15, -0.1) is 0 Å². The van der Waals surface area contributed by atoms with E-state index in [4.69, 9.17) is 15.3 Å². The highest BCUT2D eigenvalue weighted by molar-refractivity contribution is 14.1. The molecule has 0 aliphatic carbocycles. The first-order valence-electron chi connectivity index (χ1n) is 7.16. The molecule has 0 radical (unpaired) electrons. The van der Waals surface area contributed by atoms with E-state index >= 15 is 0 Å². The average molecular weight is 706 g/mol. The van der Waals surface area contributed by atoms with Gasteiger partial charge < -0.3 is 30.4 Å². The molecule has 1 aromatic rings. The van der Waals surface area contributed by atoms with Crippen LogP contribution in [0.3, 0.4) is 0 Å².